The fourth-order valence-electron chi connectivity index (χ4n) is 3.67. The molecule has 0 bridgehead atoms. The van der Waals surface area contributed by atoms with Gasteiger partial charge in [0.2, 0.25) is 5.79 Å². The maximum atomic E-state index is 10.8. The highest BCUT2D eigenvalue weighted by Gasteiger charge is 2.29. The van der Waals surface area contributed by atoms with Crippen LogP contribution in [0.15, 0.2) is 23.8 Å². The molecule has 1 aromatic rings. The van der Waals surface area contributed by atoms with Gasteiger partial charge < -0.3 is 19.6 Å². The number of ether oxygens (including phenoxy) is 1. The second-order valence-corrected chi connectivity index (χ2v) is 8.53. The number of aromatic hydroxyl groups is 1. The van der Waals surface area contributed by atoms with Gasteiger partial charge >= 0.3 is 8.60 Å². The lowest BCUT2D eigenvalue weighted by Crippen LogP contribution is -2.30. The summed E-state index contributed by atoms with van der Waals surface area (Å²) in [5.41, 5.74) is 3.08. The van der Waals surface area contributed by atoms with Crippen LogP contribution in [0.2, 0.25) is 0 Å². The molecule has 0 amide bonds. The van der Waals surface area contributed by atoms with E-state index in [0.717, 1.165) is 56.1 Å². The first kappa shape index (κ1) is 25.9. The molecule has 1 aliphatic carbocycles. The molecule has 29 heavy (non-hydrogen) atoms. The third-order valence-corrected chi connectivity index (χ3v) is 5.45. The number of aryl methyl sites for hydroxylation is 1. The van der Waals surface area contributed by atoms with E-state index in [1.54, 1.807) is 13.8 Å². The van der Waals surface area contributed by atoms with E-state index in [-0.39, 0.29) is 11.7 Å². The molecule has 5 nitrogen and oxygen atoms in total. The van der Waals surface area contributed by atoms with Crippen molar-refractivity contribution < 1.29 is 24.2 Å². The van der Waals surface area contributed by atoms with Gasteiger partial charge in [0, 0.05) is 25.3 Å². The molecule has 166 valence electrons. The number of hydrogen-bond donors (Lipinski definition) is 3. The minimum atomic E-state index is -2.54. The Morgan fingerprint density at radius 2 is 1.86 bits per heavy atom. The number of allylic oxidation sites excluding steroid dienone is 2. The van der Waals surface area contributed by atoms with Crippen LogP contribution >= 0.6 is 8.60 Å². The van der Waals surface area contributed by atoms with E-state index in [2.05, 4.69) is 19.9 Å². The summed E-state index contributed by atoms with van der Waals surface area (Å²) in [7, 11) is -2.54. The molecule has 0 aliphatic heterocycles. The Hall–Kier alpha value is -1.13. The van der Waals surface area contributed by atoms with Crippen molar-refractivity contribution in [1.82, 2.24) is 0 Å². The summed E-state index contributed by atoms with van der Waals surface area (Å²) in [6, 6.07) is 3.80. The molecule has 0 radical (unpaired) electrons. The molecule has 0 saturated heterocycles. The van der Waals surface area contributed by atoms with Crippen molar-refractivity contribution in [3.8, 4) is 11.5 Å². The molecule has 6 heteroatoms. The van der Waals surface area contributed by atoms with Crippen molar-refractivity contribution in [2.75, 3.05) is 0 Å². The van der Waals surface area contributed by atoms with Gasteiger partial charge in [0.15, 0.2) is 0 Å². The number of unbranched alkanes of at least 4 members (excludes halogenated alkanes) is 2. The predicted molar refractivity (Wildman–Crippen MR) is 120 cm³/mol. The first-order valence-corrected chi connectivity index (χ1v) is 12.0. The van der Waals surface area contributed by atoms with E-state index in [9.17, 15) is 14.9 Å². The SMILES string of the molecule is CC.CCCCCc1cc(O)c(C2C=C(C)CCC2)c(OC(C)(C)OP(O)O)c1. The van der Waals surface area contributed by atoms with Gasteiger partial charge in [-0.1, -0.05) is 45.3 Å². The molecule has 1 atom stereocenters. The van der Waals surface area contributed by atoms with Crippen LogP contribution in [-0.4, -0.2) is 20.7 Å². The molecule has 3 N–H and O–H groups in total. The quantitative estimate of drug-likeness (QED) is 0.177. The van der Waals surface area contributed by atoms with Crippen LogP contribution in [0, 0.1) is 0 Å². The fourth-order valence-corrected chi connectivity index (χ4v) is 4.10. The lowest BCUT2D eigenvalue weighted by Gasteiger charge is -2.30. The summed E-state index contributed by atoms with van der Waals surface area (Å²) >= 11 is 0. The highest BCUT2D eigenvalue weighted by Crippen LogP contribution is 2.44. The highest BCUT2D eigenvalue weighted by atomic mass is 31.2. The summed E-state index contributed by atoms with van der Waals surface area (Å²) in [5.74, 6) is -0.342. The van der Waals surface area contributed by atoms with Crippen LogP contribution in [0.4, 0.5) is 0 Å². The van der Waals surface area contributed by atoms with E-state index in [4.69, 9.17) is 9.26 Å². The molecule has 0 saturated carbocycles. The summed E-state index contributed by atoms with van der Waals surface area (Å²) < 4.78 is 11.2. The van der Waals surface area contributed by atoms with Crippen LogP contribution in [0.1, 0.15) is 97.1 Å². The highest BCUT2D eigenvalue weighted by molar-refractivity contribution is 7.39. The van der Waals surface area contributed by atoms with Crippen molar-refractivity contribution in [2.24, 2.45) is 0 Å². The zero-order valence-electron chi connectivity index (χ0n) is 18.9. The van der Waals surface area contributed by atoms with E-state index in [1.807, 2.05) is 26.0 Å². The van der Waals surface area contributed by atoms with Gasteiger partial charge in [-0.25, -0.2) is 0 Å². The van der Waals surface area contributed by atoms with Crippen molar-refractivity contribution in [2.45, 2.75) is 98.2 Å². The molecule has 0 aromatic heterocycles. The minimum absolute atomic E-state index is 0.0824. The minimum Gasteiger partial charge on any atom is -0.507 e. The van der Waals surface area contributed by atoms with Gasteiger partial charge in [-0.05, 0) is 56.7 Å². The summed E-state index contributed by atoms with van der Waals surface area (Å²) in [6.45, 7) is 11.6. The first-order chi connectivity index (χ1) is 13.7. The predicted octanol–water partition coefficient (Wildman–Crippen LogP) is 6.71. The lowest BCUT2D eigenvalue weighted by atomic mass is 9.84. The van der Waals surface area contributed by atoms with Gasteiger partial charge in [0.1, 0.15) is 11.5 Å². The zero-order chi connectivity index (χ0) is 22.0. The fraction of sp³-hybridized carbons (Fsp3) is 0.652. The molecule has 0 fully saturated rings. The smallest absolute Gasteiger partial charge is 0.330 e. The van der Waals surface area contributed by atoms with Crippen LogP contribution in [0.5, 0.6) is 11.5 Å². The molecule has 0 heterocycles. The Bertz CT molecular complexity index is 655. The summed E-state index contributed by atoms with van der Waals surface area (Å²) in [4.78, 5) is 18.5. The summed E-state index contributed by atoms with van der Waals surface area (Å²) in [5, 5.41) is 10.8. The average Bonchev–Trinajstić information content (AvgIpc) is 2.62. The lowest BCUT2D eigenvalue weighted by molar-refractivity contribution is -0.0875. The third kappa shape index (κ3) is 8.64. The standard InChI is InChI=1S/C21H33O5P.C2H6/c1-5-6-7-10-16-13-18(22)20(17-11-8-9-15(2)12-17)19(14-16)25-21(3,4)26-27(23)24;1-2/h12-14,17,22-24H,5-11H2,1-4H3;1-2H3. The van der Waals surface area contributed by atoms with Crippen molar-refractivity contribution in [3.05, 3.63) is 34.9 Å². The average molecular weight is 427 g/mol. The number of rotatable bonds is 9. The maximum absolute atomic E-state index is 10.8. The molecule has 2 rings (SSSR count). The molecule has 1 aromatic carbocycles. The van der Waals surface area contributed by atoms with E-state index in [1.165, 1.54) is 5.57 Å². The Labute approximate surface area is 177 Å². The number of phenolic OH excluding ortho intramolecular Hbond substituents is 1. The Balaban J connectivity index is 0.00000204. The van der Waals surface area contributed by atoms with Crippen LogP contribution < -0.4 is 4.74 Å². The molecule has 0 spiro atoms. The van der Waals surface area contributed by atoms with E-state index < -0.39 is 14.4 Å². The Kier molecular flexibility index (Phi) is 11.2. The normalized spacial score (nSPS) is 16.9. The Morgan fingerprint density at radius 3 is 2.45 bits per heavy atom. The van der Waals surface area contributed by atoms with Gasteiger partial charge in [-0.2, -0.15) is 0 Å². The van der Waals surface area contributed by atoms with Crippen molar-refractivity contribution >= 4 is 8.60 Å². The van der Waals surface area contributed by atoms with E-state index in [0.29, 0.717) is 5.75 Å². The van der Waals surface area contributed by atoms with Gasteiger partial charge in [-0.3, -0.25) is 4.52 Å². The van der Waals surface area contributed by atoms with Gasteiger partial charge in [0.25, 0.3) is 0 Å². The van der Waals surface area contributed by atoms with E-state index >= 15 is 0 Å². The number of phenols is 1. The second kappa shape index (κ2) is 12.5. The summed E-state index contributed by atoms with van der Waals surface area (Å²) in [6.07, 6.45) is 9.49. The molecular formula is C23H39O5P. The maximum Gasteiger partial charge on any atom is 0.330 e. The number of benzene rings is 1. The van der Waals surface area contributed by atoms with Crippen LogP contribution in [-0.2, 0) is 10.9 Å². The molecule has 1 aliphatic rings. The third-order valence-electron chi connectivity index (χ3n) is 4.85. The Morgan fingerprint density at radius 1 is 1.17 bits per heavy atom. The van der Waals surface area contributed by atoms with Crippen LogP contribution in [0.25, 0.3) is 0 Å². The molecule has 1 unspecified atom stereocenters. The monoisotopic (exact) mass is 426 g/mol. The van der Waals surface area contributed by atoms with Crippen molar-refractivity contribution in [3.63, 3.8) is 0 Å². The van der Waals surface area contributed by atoms with Gasteiger partial charge in [0.05, 0.1) is 0 Å². The second-order valence-electron chi connectivity index (χ2n) is 7.84. The van der Waals surface area contributed by atoms with Crippen LogP contribution in [0.3, 0.4) is 0 Å². The largest absolute Gasteiger partial charge is 0.507 e. The first-order valence-electron chi connectivity index (χ1n) is 10.8. The van der Waals surface area contributed by atoms with Gasteiger partial charge in [-0.15, -0.1) is 0 Å². The number of hydrogen-bond acceptors (Lipinski definition) is 5. The zero-order valence-corrected chi connectivity index (χ0v) is 19.8. The molecular weight excluding hydrogens is 387 g/mol. The van der Waals surface area contributed by atoms with Crippen molar-refractivity contribution in [1.29, 1.82) is 0 Å². The topological polar surface area (TPSA) is 79.2 Å².